The van der Waals surface area contributed by atoms with Crippen LogP contribution in [0.2, 0.25) is 0 Å². The number of aliphatic hydroxyl groups excluding tert-OH is 5. The van der Waals surface area contributed by atoms with Crippen LogP contribution in [0, 0.1) is 11.8 Å². The fraction of sp³-hybridized carbons (Fsp3) is 0.696. The van der Waals surface area contributed by atoms with Crippen molar-refractivity contribution >= 4 is 5.78 Å². The summed E-state index contributed by atoms with van der Waals surface area (Å²) in [6.45, 7) is 12.9. The smallest absolute Gasteiger partial charge is 0.177 e. The average molecular weight is 444 g/mol. The number of Topliss-reactive ketones (excluding diaryl/α,β-unsaturated/α-hetero) is 1. The minimum Gasteiger partial charge on any atom is -0.396 e. The topological polar surface area (TPSA) is 139 Å². The second-order valence-electron chi connectivity index (χ2n) is 7.88. The Hall–Kier alpha value is -1.39. The zero-order chi connectivity index (χ0) is 24.0. The van der Waals surface area contributed by atoms with E-state index in [4.69, 9.17) is 9.84 Å². The van der Waals surface area contributed by atoms with E-state index in [1.807, 2.05) is 13.8 Å². The summed E-state index contributed by atoms with van der Waals surface area (Å²) in [6.07, 6.45) is 1.78. The molecule has 180 valence electrons. The molecular weight excluding hydrogens is 402 g/mol. The lowest BCUT2D eigenvalue weighted by Crippen LogP contribution is -2.36. The van der Waals surface area contributed by atoms with Gasteiger partial charge in [0.05, 0.1) is 18.8 Å². The molecule has 0 heterocycles. The molecule has 0 bridgehead atoms. The maximum atomic E-state index is 11.2. The number of hydrogen-bond acceptors (Lipinski definition) is 8. The van der Waals surface area contributed by atoms with Gasteiger partial charge in [0.1, 0.15) is 6.10 Å². The van der Waals surface area contributed by atoms with Gasteiger partial charge in [-0.25, -0.2) is 0 Å². The first-order chi connectivity index (χ1) is 14.6. The largest absolute Gasteiger partial charge is 0.396 e. The summed E-state index contributed by atoms with van der Waals surface area (Å²) in [5, 5.41) is 51.7. The van der Waals surface area contributed by atoms with Gasteiger partial charge in [-0.15, -0.1) is 6.58 Å². The molecule has 0 aromatic heterocycles. The number of aliphatic hydroxyl groups is 5. The van der Waals surface area contributed by atoms with Gasteiger partial charge in [0, 0.05) is 25.1 Å². The molecule has 31 heavy (non-hydrogen) atoms. The monoisotopic (exact) mass is 443 g/mol. The summed E-state index contributed by atoms with van der Waals surface area (Å²) in [5.74, 6) is -0.883. The molecule has 0 spiro atoms. The lowest BCUT2D eigenvalue weighted by atomic mass is 9.90. The summed E-state index contributed by atoms with van der Waals surface area (Å²) < 4.78 is 5.67. The van der Waals surface area contributed by atoms with Crippen LogP contribution in [0.4, 0.5) is 0 Å². The number of rotatable bonds is 18. The van der Waals surface area contributed by atoms with Gasteiger partial charge >= 0.3 is 0 Å². The van der Waals surface area contributed by atoms with Crippen molar-refractivity contribution in [2.24, 2.45) is 11.8 Å². The third-order valence-electron chi connectivity index (χ3n) is 5.34. The van der Waals surface area contributed by atoms with Crippen molar-refractivity contribution in [2.45, 2.75) is 70.7 Å². The Bertz CT molecular complexity index is 566. The van der Waals surface area contributed by atoms with E-state index < -0.39 is 24.3 Å². The molecule has 0 rings (SSSR count). The van der Waals surface area contributed by atoms with Crippen LogP contribution in [0.3, 0.4) is 0 Å². The van der Waals surface area contributed by atoms with Crippen LogP contribution >= 0.6 is 0 Å². The van der Waals surface area contributed by atoms with Crippen molar-refractivity contribution in [2.75, 3.05) is 19.8 Å². The molecule has 8 heteroatoms. The van der Waals surface area contributed by atoms with Crippen molar-refractivity contribution in [3.05, 3.63) is 37.0 Å². The first kappa shape index (κ1) is 29.6. The van der Waals surface area contributed by atoms with E-state index in [1.165, 1.54) is 6.92 Å². The van der Waals surface area contributed by atoms with Crippen LogP contribution in [0.5, 0.6) is 0 Å². The zero-order valence-electron chi connectivity index (χ0n) is 19.0. The highest BCUT2D eigenvalue weighted by Gasteiger charge is 2.25. The minimum atomic E-state index is -1.46. The number of ketones is 1. The van der Waals surface area contributed by atoms with E-state index in [0.29, 0.717) is 25.0 Å². The highest BCUT2D eigenvalue weighted by atomic mass is 16.6. The molecule has 6 N–H and O–H groups in total. The second-order valence-corrected chi connectivity index (χ2v) is 7.88. The normalized spacial score (nSPS) is 18.7. The van der Waals surface area contributed by atoms with Crippen molar-refractivity contribution in [3.63, 3.8) is 0 Å². The van der Waals surface area contributed by atoms with Crippen molar-refractivity contribution in [1.82, 2.24) is 5.32 Å². The SMILES string of the molecule is C=C[C@@H](C)C(C)OC(O)C(=C)C(/C=C/CC(O)C(O)C(C)=O)CC(CCO)NCCO. The summed E-state index contributed by atoms with van der Waals surface area (Å²) in [4.78, 5) is 11.2. The van der Waals surface area contributed by atoms with Gasteiger partial charge in [-0.05, 0) is 44.6 Å². The Morgan fingerprint density at radius 1 is 1.16 bits per heavy atom. The number of hydrogen-bond donors (Lipinski definition) is 6. The second kappa shape index (κ2) is 16.3. The molecule has 0 aliphatic rings. The van der Waals surface area contributed by atoms with E-state index in [1.54, 1.807) is 18.2 Å². The maximum absolute atomic E-state index is 11.2. The Morgan fingerprint density at radius 3 is 2.32 bits per heavy atom. The fourth-order valence-corrected chi connectivity index (χ4v) is 2.96. The zero-order valence-corrected chi connectivity index (χ0v) is 19.0. The number of allylic oxidation sites excluding steroid dienone is 1. The molecule has 0 fully saturated rings. The Morgan fingerprint density at radius 2 is 1.81 bits per heavy atom. The van der Waals surface area contributed by atoms with Crippen molar-refractivity contribution < 1.29 is 35.1 Å². The summed E-state index contributed by atoms with van der Waals surface area (Å²) >= 11 is 0. The third-order valence-corrected chi connectivity index (χ3v) is 5.34. The molecule has 0 aromatic rings. The van der Waals surface area contributed by atoms with E-state index >= 15 is 0 Å². The van der Waals surface area contributed by atoms with Crippen LogP contribution in [0.15, 0.2) is 37.0 Å². The van der Waals surface area contributed by atoms with Crippen LogP contribution in [0.1, 0.15) is 40.0 Å². The predicted octanol–water partition coefficient (Wildman–Crippen LogP) is 0.685. The molecule has 0 aliphatic heterocycles. The average Bonchev–Trinajstić information content (AvgIpc) is 2.74. The third kappa shape index (κ3) is 11.7. The molecule has 7 atom stereocenters. The Balaban J connectivity index is 5.38. The Kier molecular flexibility index (Phi) is 15.5. The van der Waals surface area contributed by atoms with E-state index in [-0.39, 0.29) is 43.6 Å². The van der Waals surface area contributed by atoms with Gasteiger partial charge < -0.3 is 35.6 Å². The van der Waals surface area contributed by atoms with Crippen LogP contribution in [-0.4, -0.2) is 81.7 Å². The van der Waals surface area contributed by atoms with Gasteiger partial charge in [0.25, 0.3) is 0 Å². The molecule has 0 aliphatic carbocycles. The summed E-state index contributed by atoms with van der Waals surface area (Å²) in [7, 11) is 0. The number of nitrogens with one attached hydrogen (secondary N) is 1. The summed E-state index contributed by atoms with van der Waals surface area (Å²) in [6, 6.07) is -0.159. The van der Waals surface area contributed by atoms with E-state index in [2.05, 4.69) is 18.5 Å². The van der Waals surface area contributed by atoms with Crippen LogP contribution in [0.25, 0.3) is 0 Å². The number of ether oxygens (including phenoxy) is 1. The minimum absolute atomic E-state index is 0.0213. The molecular formula is C23H41NO7. The van der Waals surface area contributed by atoms with E-state index in [9.17, 15) is 25.2 Å². The van der Waals surface area contributed by atoms with Gasteiger partial charge in [0.2, 0.25) is 0 Å². The highest BCUT2D eigenvalue weighted by Crippen LogP contribution is 2.25. The number of carbonyl (C=O) groups is 1. The van der Waals surface area contributed by atoms with Crippen LogP contribution in [-0.2, 0) is 9.53 Å². The molecule has 0 aromatic carbocycles. The summed E-state index contributed by atoms with van der Waals surface area (Å²) in [5.41, 5.74) is 0.398. The molecule has 8 nitrogen and oxygen atoms in total. The van der Waals surface area contributed by atoms with Gasteiger partial charge in [-0.3, -0.25) is 4.79 Å². The molecule has 6 unspecified atom stereocenters. The van der Waals surface area contributed by atoms with Crippen LogP contribution < -0.4 is 5.32 Å². The molecule has 0 amide bonds. The highest BCUT2D eigenvalue weighted by molar-refractivity contribution is 5.80. The lowest BCUT2D eigenvalue weighted by Gasteiger charge is -2.28. The number of carbonyl (C=O) groups excluding carboxylic acids is 1. The van der Waals surface area contributed by atoms with E-state index in [0.717, 1.165) is 0 Å². The molecule has 0 radical (unpaired) electrons. The van der Waals surface area contributed by atoms with Gasteiger partial charge in [-0.1, -0.05) is 31.7 Å². The Labute approximate surface area is 185 Å². The van der Waals surface area contributed by atoms with Crippen molar-refractivity contribution in [1.29, 1.82) is 0 Å². The first-order valence-electron chi connectivity index (χ1n) is 10.7. The molecule has 0 saturated carbocycles. The van der Waals surface area contributed by atoms with Crippen molar-refractivity contribution in [3.8, 4) is 0 Å². The quantitative estimate of drug-likeness (QED) is 0.134. The lowest BCUT2D eigenvalue weighted by molar-refractivity contribution is -0.130. The fourth-order valence-electron chi connectivity index (χ4n) is 2.96. The first-order valence-corrected chi connectivity index (χ1v) is 10.7. The molecule has 0 saturated heterocycles. The van der Waals surface area contributed by atoms with Gasteiger partial charge in [-0.2, -0.15) is 0 Å². The maximum Gasteiger partial charge on any atom is 0.177 e. The standard InChI is InChI=1S/C23H41NO7/c1-6-15(2)18(5)31-23(30)16(3)19(14-20(10-12-25)24-11-13-26)8-7-9-21(28)22(29)17(4)27/h6-8,15,18-26,28-30H,1,3,9-14H2,2,4-5H3/b8-7+/t15-,18?,19?,20?,21?,22?,23?/m1/s1. The van der Waals surface area contributed by atoms with Gasteiger partial charge in [0.15, 0.2) is 12.1 Å². The predicted molar refractivity (Wildman–Crippen MR) is 120 cm³/mol.